The highest BCUT2D eigenvalue weighted by molar-refractivity contribution is 5.83. The molecule has 1 fully saturated rings. The summed E-state index contributed by atoms with van der Waals surface area (Å²) < 4.78 is 1.53. The van der Waals surface area contributed by atoms with E-state index in [0.717, 1.165) is 22.5 Å². The topological polar surface area (TPSA) is 47.4 Å². The fourth-order valence-corrected chi connectivity index (χ4v) is 4.03. The summed E-state index contributed by atoms with van der Waals surface area (Å²) in [5.41, 5.74) is 3.91. The SMILES string of the molecule is Cc1cc(C)n(C(=O)[C@@H]2[C@@H](C)ON(Cc3ccccc3)[C@H]2c2ccccc2)n1. The maximum absolute atomic E-state index is 13.5. The molecule has 5 nitrogen and oxygen atoms in total. The van der Waals surface area contributed by atoms with Crippen molar-refractivity contribution in [1.82, 2.24) is 14.8 Å². The Hall–Kier alpha value is -2.76. The van der Waals surface area contributed by atoms with Crippen LogP contribution in [0.3, 0.4) is 0 Å². The van der Waals surface area contributed by atoms with Crippen molar-refractivity contribution >= 4 is 5.91 Å². The first-order valence-electron chi connectivity index (χ1n) is 9.64. The van der Waals surface area contributed by atoms with Crippen LogP contribution >= 0.6 is 0 Å². The first-order chi connectivity index (χ1) is 13.5. The normalized spacial score (nSPS) is 22.5. The molecule has 1 aromatic heterocycles. The number of nitrogens with zero attached hydrogens (tertiary/aromatic N) is 3. The molecular formula is C23H25N3O2. The molecule has 3 aromatic rings. The van der Waals surface area contributed by atoms with E-state index in [1.807, 2.05) is 68.3 Å². The molecule has 0 radical (unpaired) electrons. The lowest BCUT2D eigenvalue weighted by molar-refractivity contribution is -0.166. The maximum Gasteiger partial charge on any atom is 0.254 e. The van der Waals surface area contributed by atoms with E-state index in [4.69, 9.17) is 4.84 Å². The average molecular weight is 375 g/mol. The Morgan fingerprint density at radius 3 is 2.29 bits per heavy atom. The van der Waals surface area contributed by atoms with Crippen LogP contribution in [-0.4, -0.2) is 26.9 Å². The van der Waals surface area contributed by atoms with Crippen molar-refractivity contribution in [3.05, 3.63) is 89.2 Å². The molecular weight excluding hydrogens is 350 g/mol. The summed E-state index contributed by atoms with van der Waals surface area (Å²) in [4.78, 5) is 19.7. The predicted molar refractivity (Wildman–Crippen MR) is 108 cm³/mol. The zero-order valence-corrected chi connectivity index (χ0v) is 16.4. The van der Waals surface area contributed by atoms with E-state index in [0.29, 0.717) is 6.54 Å². The summed E-state index contributed by atoms with van der Waals surface area (Å²) >= 11 is 0. The van der Waals surface area contributed by atoms with Crippen molar-refractivity contribution in [2.45, 2.75) is 39.5 Å². The Bertz CT molecular complexity index is 952. The van der Waals surface area contributed by atoms with Gasteiger partial charge >= 0.3 is 0 Å². The molecule has 0 spiro atoms. The maximum atomic E-state index is 13.5. The highest BCUT2D eigenvalue weighted by atomic mass is 16.7. The van der Waals surface area contributed by atoms with Gasteiger partial charge in [-0.2, -0.15) is 10.2 Å². The van der Waals surface area contributed by atoms with Crippen LogP contribution < -0.4 is 0 Å². The summed E-state index contributed by atoms with van der Waals surface area (Å²) in [6, 6.07) is 22.1. The van der Waals surface area contributed by atoms with E-state index < -0.39 is 0 Å². The van der Waals surface area contributed by atoms with Crippen molar-refractivity contribution in [3.8, 4) is 0 Å². The molecule has 28 heavy (non-hydrogen) atoms. The smallest absolute Gasteiger partial charge is 0.254 e. The molecule has 2 heterocycles. The molecule has 0 bridgehead atoms. The van der Waals surface area contributed by atoms with Crippen LogP contribution in [0.5, 0.6) is 0 Å². The number of benzene rings is 2. The van der Waals surface area contributed by atoms with Crippen molar-refractivity contribution in [2.24, 2.45) is 5.92 Å². The fraction of sp³-hybridized carbons (Fsp3) is 0.304. The number of carbonyl (C=O) groups excluding carboxylic acids is 1. The van der Waals surface area contributed by atoms with E-state index in [2.05, 4.69) is 29.4 Å². The molecule has 144 valence electrons. The zero-order chi connectivity index (χ0) is 19.7. The van der Waals surface area contributed by atoms with Crippen molar-refractivity contribution in [2.75, 3.05) is 0 Å². The number of carbonyl (C=O) groups is 1. The third-order valence-electron chi connectivity index (χ3n) is 5.28. The van der Waals surface area contributed by atoms with Gasteiger partial charge in [0.1, 0.15) is 0 Å². The summed E-state index contributed by atoms with van der Waals surface area (Å²) in [7, 11) is 0. The van der Waals surface area contributed by atoms with Gasteiger partial charge in [0.2, 0.25) is 0 Å². The van der Waals surface area contributed by atoms with Crippen LogP contribution in [0.25, 0.3) is 0 Å². The van der Waals surface area contributed by atoms with E-state index >= 15 is 0 Å². The monoisotopic (exact) mass is 375 g/mol. The third-order valence-corrected chi connectivity index (χ3v) is 5.28. The molecule has 0 amide bonds. The summed E-state index contributed by atoms with van der Waals surface area (Å²) in [5.74, 6) is -0.369. The number of rotatable bonds is 4. The van der Waals surface area contributed by atoms with Gasteiger partial charge in [-0.1, -0.05) is 60.7 Å². The first-order valence-corrected chi connectivity index (χ1v) is 9.64. The minimum absolute atomic E-state index is 0.0254. The standard InChI is InChI=1S/C23H25N3O2/c1-16-14-17(2)26(24-16)23(27)21-18(3)28-25(15-19-10-6-4-7-11-19)22(21)20-12-8-5-9-13-20/h4-14,18,21-22H,15H2,1-3H3/t18-,21-,22+/m1/s1. The lowest BCUT2D eigenvalue weighted by atomic mass is 9.89. The summed E-state index contributed by atoms with van der Waals surface area (Å²) in [5, 5.41) is 6.37. The molecule has 0 unspecified atom stereocenters. The molecule has 1 aliphatic heterocycles. The fourth-order valence-electron chi connectivity index (χ4n) is 4.03. The van der Waals surface area contributed by atoms with Crippen LogP contribution in [0.1, 0.15) is 40.3 Å². The van der Waals surface area contributed by atoms with Gasteiger partial charge < -0.3 is 0 Å². The molecule has 0 saturated carbocycles. The van der Waals surface area contributed by atoms with Gasteiger partial charge in [0.05, 0.1) is 23.8 Å². The van der Waals surface area contributed by atoms with Crippen LogP contribution in [0, 0.1) is 19.8 Å². The number of hydrogen-bond donors (Lipinski definition) is 0. The van der Waals surface area contributed by atoms with Gasteiger partial charge in [-0.3, -0.25) is 9.63 Å². The van der Waals surface area contributed by atoms with Crippen LogP contribution in [-0.2, 0) is 11.4 Å². The zero-order valence-electron chi connectivity index (χ0n) is 16.4. The summed E-state index contributed by atoms with van der Waals surface area (Å²) in [6.07, 6.45) is -0.245. The quantitative estimate of drug-likeness (QED) is 0.681. The second-order valence-electron chi connectivity index (χ2n) is 7.43. The molecule has 5 heteroatoms. The van der Waals surface area contributed by atoms with Crippen molar-refractivity contribution in [1.29, 1.82) is 0 Å². The van der Waals surface area contributed by atoms with Gasteiger partial charge in [0, 0.05) is 12.2 Å². The molecule has 2 aromatic carbocycles. The van der Waals surface area contributed by atoms with Gasteiger partial charge in [-0.15, -0.1) is 0 Å². The Morgan fingerprint density at radius 2 is 1.68 bits per heavy atom. The highest BCUT2D eigenvalue weighted by Crippen LogP contribution is 2.41. The Labute approximate surface area is 165 Å². The van der Waals surface area contributed by atoms with Crippen LogP contribution in [0.2, 0.25) is 0 Å². The predicted octanol–water partition coefficient (Wildman–Crippen LogP) is 4.33. The van der Waals surface area contributed by atoms with Gasteiger partial charge in [0.15, 0.2) is 0 Å². The lowest BCUT2D eigenvalue weighted by Gasteiger charge is -2.25. The van der Waals surface area contributed by atoms with Gasteiger partial charge in [-0.05, 0) is 38.0 Å². The molecule has 0 aliphatic carbocycles. The Kier molecular flexibility index (Phi) is 5.11. The van der Waals surface area contributed by atoms with E-state index in [1.54, 1.807) is 0 Å². The Morgan fingerprint density at radius 1 is 1.04 bits per heavy atom. The van der Waals surface area contributed by atoms with Gasteiger partial charge in [0.25, 0.3) is 5.91 Å². The first kappa shape index (κ1) is 18.6. The number of aryl methyl sites for hydroxylation is 2. The minimum atomic E-state index is -0.343. The minimum Gasteiger partial charge on any atom is -0.294 e. The highest BCUT2D eigenvalue weighted by Gasteiger charge is 2.47. The number of hydrogen-bond acceptors (Lipinski definition) is 4. The molecule has 0 N–H and O–H groups in total. The Balaban J connectivity index is 1.71. The second-order valence-corrected chi connectivity index (χ2v) is 7.43. The summed E-state index contributed by atoms with van der Waals surface area (Å²) in [6.45, 7) is 6.40. The van der Waals surface area contributed by atoms with Crippen molar-refractivity contribution in [3.63, 3.8) is 0 Å². The average Bonchev–Trinajstić information content (AvgIpc) is 3.21. The molecule has 1 aliphatic rings. The third kappa shape index (κ3) is 3.51. The van der Waals surface area contributed by atoms with Crippen LogP contribution in [0.15, 0.2) is 66.7 Å². The molecule has 1 saturated heterocycles. The second kappa shape index (κ2) is 7.70. The lowest BCUT2D eigenvalue weighted by Crippen LogP contribution is -2.33. The van der Waals surface area contributed by atoms with E-state index in [9.17, 15) is 4.79 Å². The van der Waals surface area contributed by atoms with Crippen molar-refractivity contribution < 1.29 is 9.63 Å². The largest absolute Gasteiger partial charge is 0.294 e. The molecule has 4 rings (SSSR count). The van der Waals surface area contributed by atoms with E-state index in [-0.39, 0.29) is 24.0 Å². The number of hydroxylamine groups is 2. The van der Waals surface area contributed by atoms with E-state index in [1.165, 1.54) is 4.68 Å². The molecule has 3 atom stereocenters. The van der Waals surface area contributed by atoms with Crippen LogP contribution in [0.4, 0.5) is 0 Å². The number of aromatic nitrogens is 2. The van der Waals surface area contributed by atoms with Gasteiger partial charge in [-0.25, -0.2) is 4.68 Å².